The minimum atomic E-state index is 0.291. The highest BCUT2D eigenvalue weighted by Gasteiger charge is 2.23. The van der Waals surface area contributed by atoms with E-state index in [4.69, 9.17) is 4.74 Å². The molecule has 0 aliphatic carbocycles. The van der Waals surface area contributed by atoms with Gasteiger partial charge in [-0.3, -0.25) is 9.69 Å². The van der Waals surface area contributed by atoms with Gasteiger partial charge in [0, 0.05) is 51.1 Å². The summed E-state index contributed by atoms with van der Waals surface area (Å²) in [6.45, 7) is 7.39. The van der Waals surface area contributed by atoms with Crippen molar-refractivity contribution >= 4 is 17.2 Å². The van der Waals surface area contributed by atoms with E-state index in [0.29, 0.717) is 18.4 Å². The van der Waals surface area contributed by atoms with Crippen LogP contribution in [0.2, 0.25) is 0 Å². The maximum atomic E-state index is 12.3. The van der Waals surface area contributed by atoms with Crippen LogP contribution >= 0.6 is 11.3 Å². The number of carbonyl (C=O) groups is 1. The number of aromatic nitrogens is 1. The molecule has 0 radical (unpaired) electrons. The summed E-state index contributed by atoms with van der Waals surface area (Å²) in [5.74, 6) is 0.291. The SMILES string of the molecule is Cc1nc(CN2CCN(C(=O)CC[C@H]3CCCO3)CC2)cs1. The standard InChI is InChI=1S/C16H25N3O2S/c1-13-17-14(12-22-13)11-18-6-8-19(9-7-18)16(20)5-4-15-3-2-10-21-15/h12,15H,2-11H2,1H3/t15-/m1/s1. The molecule has 0 unspecified atom stereocenters. The number of nitrogens with zero attached hydrogens (tertiary/aromatic N) is 3. The summed E-state index contributed by atoms with van der Waals surface area (Å²) in [6, 6.07) is 0. The van der Waals surface area contributed by atoms with Crippen molar-refractivity contribution in [2.75, 3.05) is 32.8 Å². The number of aryl methyl sites for hydroxylation is 1. The first-order chi connectivity index (χ1) is 10.7. The number of ether oxygens (including phenoxy) is 1. The molecular formula is C16H25N3O2S. The molecule has 1 aromatic heterocycles. The number of piperazine rings is 1. The Bertz CT molecular complexity index is 491. The van der Waals surface area contributed by atoms with Crippen molar-refractivity contribution in [1.29, 1.82) is 0 Å². The maximum absolute atomic E-state index is 12.3. The second kappa shape index (κ2) is 7.53. The van der Waals surface area contributed by atoms with Crippen LogP contribution in [0.5, 0.6) is 0 Å². The third-order valence-electron chi connectivity index (χ3n) is 4.48. The Morgan fingerprint density at radius 1 is 1.41 bits per heavy atom. The fraction of sp³-hybridized carbons (Fsp3) is 0.750. The van der Waals surface area contributed by atoms with Crippen molar-refractivity contribution in [3.05, 3.63) is 16.1 Å². The van der Waals surface area contributed by atoms with Gasteiger partial charge in [-0.25, -0.2) is 4.98 Å². The number of hydrogen-bond acceptors (Lipinski definition) is 5. The van der Waals surface area contributed by atoms with Gasteiger partial charge >= 0.3 is 0 Å². The van der Waals surface area contributed by atoms with Gasteiger partial charge in [-0.1, -0.05) is 0 Å². The molecule has 2 aliphatic rings. The molecule has 2 saturated heterocycles. The summed E-state index contributed by atoms with van der Waals surface area (Å²) >= 11 is 1.70. The Labute approximate surface area is 136 Å². The molecular weight excluding hydrogens is 298 g/mol. The van der Waals surface area contributed by atoms with E-state index in [1.165, 1.54) is 0 Å². The van der Waals surface area contributed by atoms with E-state index >= 15 is 0 Å². The molecule has 5 nitrogen and oxygen atoms in total. The lowest BCUT2D eigenvalue weighted by Crippen LogP contribution is -2.48. The predicted molar refractivity (Wildman–Crippen MR) is 86.9 cm³/mol. The summed E-state index contributed by atoms with van der Waals surface area (Å²) in [6.07, 6.45) is 4.10. The van der Waals surface area contributed by atoms with E-state index in [1.807, 2.05) is 11.8 Å². The lowest BCUT2D eigenvalue weighted by molar-refractivity contribution is -0.133. The molecule has 0 aromatic carbocycles. The highest BCUT2D eigenvalue weighted by Crippen LogP contribution is 2.18. The fourth-order valence-corrected chi connectivity index (χ4v) is 3.78. The molecule has 0 N–H and O–H groups in total. The number of thiazole rings is 1. The lowest BCUT2D eigenvalue weighted by Gasteiger charge is -2.34. The zero-order chi connectivity index (χ0) is 15.4. The molecule has 0 spiro atoms. The van der Waals surface area contributed by atoms with Gasteiger partial charge in [0.1, 0.15) is 0 Å². The van der Waals surface area contributed by atoms with Crippen molar-refractivity contribution < 1.29 is 9.53 Å². The van der Waals surface area contributed by atoms with Crippen molar-refractivity contribution in [2.45, 2.75) is 45.3 Å². The normalized spacial score (nSPS) is 23.1. The fourth-order valence-electron chi connectivity index (χ4n) is 3.18. The van der Waals surface area contributed by atoms with Gasteiger partial charge in [0.2, 0.25) is 5.91 Å². The highest BCUT2D eigenvalue weighted by molar-refractivity contribution is 7.09. The Morgan fingerprint density at radius 2 is 2.23 bits per heavy atom. The van der Waals surface area contributed by atoms with E-state index in [0.717, 1.165) is 69.3 Å². The van der Waals surface area contributed by atoms with Crippen molar-refractivity contribution in [2.24, 2.45) is 0 Å². The quantitative estimate of drug-likeness (QED) is 0.832. The number of hydrogen-bond donors (Lipinski definition) is 0. The number of rotatable bonds is 5. The minimum Gasteiger partial charge on any atom is -0.378 e. The van der Waals surface area contributed by atoms with E-state index < -0.39 is 0 Å². The van der Waals surface area contributed by atoms with Crippen LogP contribution in [0.3, 0.4) is 0 Å². The summed E-state index contributed by atoms with van der Waals surface area (Å²) in [7, 11) is 0. The number of amides is 1. The third-order valence-corrected chi connectivity index (χ3v) is 5.30. The lowest BCUT2D eigenvalue weighted by atomic mass is 10.1. The molecule has 3 heterocycles. The first kappa shape index (κ1) is 15.9. The van der Waals surface area contributed by atoms with Gasteiger partial charge in [0.05, 0.1) is 16.8 Å². The summed E-state index contributed by atoms with van der Waals surface area (Å²) in [5, 5.41) is 3.26. The molecule has 2 aliphatic heterocycles. The maximum Gasteiger partial charge on any atom is 0.222 e. The molecule has 0 saturated carbocycles. The monoisotopic (exact) mass is 323 g/mol. The van der Waals surface area contributed by atoms with Crippen LogP contribution in [0.4, 0.5) is 0 Å². The van der Waals surface area contributed by atoms with Crippen LogP contribution in [0.25, 0.3) is 0 Å². The van der Waals surface area contributed by atoms with Crippen molar-refractivity contribution in [1.82, 2.24) is 14.8 Å². The Morgan fingerprint density at radius 3 is 2.86 bits per heavy atom. The van der Waals surface area contributed by atoms with Crippen molar-refractivity contribution in [3.8, 4) is 0 Å². The van der Waals surface area contributed by atoms with Gasteiger partial charge < -0.3 is 9.64 Å². The largest absolute Gasteiger partial charge is 0.378 e. The van der Waals surface area contributed by atoms with Gasteiger partial charge in [-0.05, 0) is 26.2 Å². The second-order valence-corrected chi connectivity index (χ2v) is 7.25. The van der Waals surface area contributed by atoms with Crippen LogP contribution in [0.15, 0.2) is 5.38 Å². The molecule has 22 heavy (non-hydrogen) atoms. The van der Waals surface area contributed by atoms with Crippen LogP contribution in [0.1, 0.15) is 36.4 Å². The minimum absolute atomic E-state index is 0.291. The van der Waals surface area contributed by atoms with Gasteiger partial charge in [0.15, 0.2) is 0 Å². The zero-order valence-electron chi connectivity index (χ0n) is 13.3. The van der Waals surface area contributed by atoms with E-state index in [2.05, 4.69) is 15.3 Å². The first-order valence-corrected chi connectivity index (χ1v) is 9.11. The van der Waals surface area contributed by atoms with Gasteiger partial charge in [-0.2, -0.15) is 0 Å². The highest BCUT2D eigenvalue weighted by atomic mass is 32.1. The topological polar surface area (TPSA) is 45.7 Å². The molecule has 1 amide bonds. The van der Waals surface area contributed by atoms with E-state index in [1.54, 1.807) is 11.3 Å². The van der Waals surface area contributed by atoms with Crippen LogP contribution in [0, 0.1) is 6.92 Å². The zero-order valence-corrected chi connectivity index (χ0v) is 14.1. The Hall–Kier alpha value is -0.980. The van der Waals surface area contributed by atoms with Crippen LogP contribution in [-0.2, 0) is 16.1 Å². The Kier molecular flexibility index (Phi) is 5.44. The van der Waals surface area contributed by atoms with Gasteiger partial charge in [-0.15, -0.1) is 11.3 Å². The number of carbonyl (C=O) groups excluding carboxylic acids is 1. The summed E-state index contributed by atoms with van der Waals surface area (Å²) in [5.41, 5.74) is 1.15. The van der Waals surface area contributed by atoms with Crippen LogP contribution < -0.4 is 0 Å². The smallest absolute Gasteiger partial charge is 0.222 e. The average molecular weight is 323 g/mol. The molecule has 2 fully saturated rings. The first-order valence-electron chi connectivity index (χ1n) is 8.23. The second-order valence-electron chi connectivity index (χ2n) is 6.19. The molecule has 3 rings (SSSR count). The third kappa shape index (κ3) is 4.27. The molecule has 1 atom stereocenters. The Balaban J connectivity index is 1.38. The van der Waals surface area contributed by atoms with Crippen molar-refractivity contribution in [3.63, 3.8) is 0 Å². The molecule has 0 bridgehead atoms. The molecule has 1 aromatic rings. The van der Waals surface area contributed by atoms with Crippen LogP contribution in [-0.4, -0.2) is 59.6 Å². The molecule has 122 valence electrons. The summed E-state index contributed by atoms with van der Waals surface area (Å²) < 4.78 is 5.59. The molecule has 6 heteroatoms. The van der Waals surface area contributed by atoms with Gasteiger partial charge in [0.25, 0.3) is 0 Å². The average Bonchev–Trinajstić information content (AvgIpc) is 3.17. The predicted octanol–water partition coefficient (Wildman–Crippen LogP) is 2.05. The van der Waals surface area contributed by atoms with E-state index in [-0.39, 0.29) is 0 Å². The summed E-state index contributed by atoms with van der Waals surface area (Å²) in [4.78, 5) is 21.2. The van der Waals surface area contributed by atoms with E-state index in [9.17, 15) is 4.79 Å².